The molecule has 0 saturated carbocycles. The number of fused-ring (bicyclic) bond motifs is 2. The Labute approximate surface area is 237 Å². The standard InChI is InChI=1S/2C10H8.C3H8NO3PS.C2H6O3S.2C2H6/c2*1-2-6-10-8-4-3-7-9(10)5-1;1-3(8)4-7-9(2,5)6;1-5-6(2,3)4;2*1-2/h2*1-8H;8H2,1-2H3;1-2H3;2*1-2H3. The Bertz CT molecular complexity index is 1230. The highest BCUT2D eigenvalue weighted by atomic mass is 32.2. The van der Waals surface area contributed by atoms with Crippen molar-refractivity contribution in [3.05, 3.63) is 97.1 Å². The largest absolute Gasteiger partial charge is 0.325 e. The molecule has 10 heteroatoms. The lowest BCUT2D eigenvalue weighted by molar-refractivity contribution is 0.344. The van der Waals surface area contributed by atoms with Crippen LogP contribution in [0.5, 0.6) is 0 Å². The van der Waals surface area contributed by atoms with Crippen molar-refractivity contribution in [3.8, 4) is 0 Å². The number of hydrogen-bond donors (Lipinski definition) is 0. The third kappa shape index (κ3) is 21.8. The molecule has 0 spiro atoms. The van der Waals surface area contributed by atoms with E-state index in [4.69, 9.17) is 0 Å². The first kappa shape index (κ1) is 38.3. The molecular weight excluding hydrogens is 553 g/mol. The minimum Gasteiger partial charge on any atom is -0.274 e. The van der Waals surface area contributed by atoms with Crippen LogP contribution >= 0.6 is 9.24 Å². The number of rotatable bonds is 3. The van der Waals surface area contributed by atoms with E-state index in [9.17, 15) is 16.8 Å². The molecule has 4 aromatic carbocycles. The fourth-order valence-corrected chi connectivity index (χ4v) is 2.77. The predicted molar refractivity (Wildman–Crippen MR) is 171 cm³/mol. The lowest BCUT2D eigenvalue weighted by Gasteiger charge is -1.92. The van der Waals surface area contributed by atoms with Crippen molar-refractivity contribution in [1.82, 2.24) is 0 Å². The van der Waals surface area contributed by atoms with Crippen LogP contribution in [0, 0.1) is 0 Å². The van der Waals surface area contributed by atoms with E-state index in [1.54, 1.807) is 6.92 Å². The summed E-state index contributed by atoms with van der Waals surface area (Å²) in [5.74, 6) is 0. The average Bonchev–Trinajstić information content (AvgIpc) is 2.94. The fraction of sp³-hybridized carbons (Fsp3) is 0.276. The highest BCUT2D eigenvalue weighted by Gasteiger charge is 1.97. The SMILES string of the molecule is CC.CC.CC(P)=NOS(C)(=O)=O.COS(C)(=O)=O.c1ccc2ccccc2c1.c1ccc2ccccc2c1. The normalized spacial score (nSPS) is 10.3. The van der Waals surface area contributed by atoms with E-state index in [2.05, 4.69) is 120 Å². The molecule has 0 aromatic heterocycles. The van der Waals surface area contributed by atoms with E-state index < -0.39 is 20.2 Å². The van der Waals surface area contributed by atoms with Crippen LogP contribution < -0.4 is 0 Å². The van der Waals surface area contributed by atoms with Crippen molar-refractivity contribution in [3.63, 3.8) is 0 Å². The van der Waals surface area contributed by atoms with Crippen LogP contribution in [0.3, 0.4) is 0 Å². The van der Waals surface area contributed by atoms with Gasteiger partial charge in [-0.25, -0.2) is 0 Å². The summed E-state index contributed by atoms with van der Waals surface area (Å²) in [6, 6.07) is 33.4. The van der Waals surface area contributed by atoms with Crippen molar-refractivity contribution < 1.29 is 25.3 Å². The first-order chi connectivity index (χ1) is 18.4. The molecule has 39 heavy (non-hydrogen) atoms. The van der Waals surface area contributed by atoms with E-state index in [1.165, 1.54) is 21.5 Å². The predicted octanol–water partition coefficient (Wildman–Crippen LogP) is 7.50. The molecule has 0 fully saturated rings. The first-order valence-electron chi connectivity index (χ1n) is 12.2. The molecule has 216 valence electrons. The molecule has 7 nitrogen and oxygen atoms in total. The van der Waals surface area contributed by atoms with Gasteiger partial charge in [0.1, 0.15) is 0 Å². The minimum atomic E-state index is -3.42. The highest BCUT2D eigenvalue weighted by Crippen LogP contribution is 2.12. The Morgan fingerprint density at radius 2 is 0.795 bits per heavy atom. The molecule has 0 heterocycles. The van der Waals surface area contributed by atoms with Gasteiger partial charge in [-0.05, 0) is 28.5 Å². The van der Waals surface area contributed by atoms with Gasteiger partial charge in [0, 0.05) is 0 Å². The van der Waals surface area contributed by atoms with Gasteiger partial charge in [0.25, 0.3) is 10.1 Å². The van der Waals surface area contributed by atoms with Crippen LogP contribution in [0.25, 0.3) is 21.5 Å². The minimum absolute atomic E-state index is 0.487. The van der Waals surface area contributed by atoms with Gasteiger partial charge in [-0.3, -0.25) is 8.47 Å². The second-order valence-corrected chi connectivity index (χ2v) is 11.2. The Hall–Kier alpha value is -2.84. The Morgan fingerprint density at radius 3 is 0.897 bits per heavy atom. The molecule has 0 radical (unpaired) electrons. The van der Waals surface area contributed by atoms with Crippen LogP contribution in [-0.2, 0) is 28.7 Å². The summed E-state index contributed by atoms with van der Waals surface area (Å²) in [7, 11) is -3.26. The summed E-state index contributed by atoms with van der Waals surface area (Å²) in [5.41, 5.74) is 0.487. The smallest absolute Gasteiger partial charge is 0.274 e. The summed E-state index contributed by atoms with van der Waals surface area (Å²) in [4.78, 5) is 0. The van der Waals surface area contributed by atoms with Gasteiger partial charge in [0.2, 0.25) is 0 Å². The van der Waals surface area contributed by atoms with Crippen molar-refractivity contribution in [2.45, 2.75) is 34.6 Å². The summed E-state index contributed by atoms with van der Waals surface area (Å²) in [5, 5.41) is 8.43. The van der Waals surface area contributed by atoms with Gasteiger partial charge in [-0.1, -0.05) is 139 Å². The average molecular weight is 596 g/mol. The summed E-state index contributed by atoms with van der Waals surface area (Å²) >= 11 is 0. The molecule has 4 rings (SSSR count). The molecule has 0 aliphatic rings. The summed E-state index contributed by atoms with van der Waals surface area (Å²) in [6.45, 7) is 9.61. The number of nitrogens with zero attached hydrogens (tertiary/aromatic N) is 1. The number of hydrogen-bond acceptors (Lipinski definition) is 7. The van der Waals surface area contributed by atoms with Crippen LogP contribution in [0.15, 0.2) is 102 Å². The third-order valence-corrected chi connectivity index (χ3v) is 4.99. The maximum atomic E-state index is 10.2. The van der Waals surface area contributed by atoms with Crippen LogP contribution in [0.2, 0.25) is 0 Å². The van der Waals surface area contributed by atoms with Crippen molar-refractivity contribution in [2.75, 3.05) is 19.6 Å². The zero-order valence-corrected chi connectivity index (χ0v) is 26.8. The van der Waals surface area contributed by atoms with Crippen LogP contribution in [0.1, 0.15) is 34.6 Å². The first-order valence-corrected chi connectivity index (χ1v) is 16.4. The van der Waals surface area contributed by atoms with E-state index in [0.29, 0.717) is 5.45 Å². The number of benzene rings is 4. The van der Waals surface area contributed by atoms with Crippen molar-refractivity contribution in [2.24, 2.45) is 5.16 Å². The van der Waals surface area contributed by atoms with Gasteiger partial charge in [0.15, 0.2) is 0 Å². The van der Waals surface area contributed by atoms with Crippen molar-refractivity contribution >= 4 is 56.5 Å². The second kappa shape index (κ2) is 22.0. The Balaban J connectivity index is 0. The van der Waals surface area contributed by atoms with Gasteiger partial charge in [0.05, 0.1) is 25.1 Å². The molecular formula is C29H42NO6PS2. The lowest BCUT2D eigenvalue weighted by Crippen LogP contribution is -1.97. The van der Waals surface area contributed by atoms with E-state index in [1.807, 2.05) is 27.7 Å². The van der Waals surface area contributed by atoms with Gasteiger partial charge in [-0.15, -0.1) is 0 Å². The van der Waals surface area contributed by atoms with E-state index >= 15 is 0 Å². The van der Waals surface area contributed by atoms with Gasteiger partial charge < -0.3 is 0 Å². The third-order valence-electron chi connectivity index (χ3n) is 3.94. The zero-order valence-electron chi connectivity index (χ0n) is 24.0. The molecule has 0 bridgehead atoms. The second-order valence-electron chi connectivity index (χ2n) is 7.08. The van der Waals surface area contributed by atoms with Gasteiger partial charge in [-0.2, -0.15) is 16.8 Å². The maximum absolute atomic E-state index is 10.2. The molecule has 0 aliphatic heterocycles. The zero-order chi connectivity index (χ0) is 30.3. The Kier molecular flexibility index (Phi) is 21.6. The maximum Gasteiger partial charge on any atom is 0.325 e. The highest BCUT2D eigenvalue weighted by molar-refractivity contribution is 7.86. The molecule has 1 atom stereocenters. The van der Waals surface area contributed by atoms with Crippen LogP contribution in [-0.4, -0.2) is 41.9 Å². The topological polar surface area (TPSA) is 99.1 Å². The van der Waals surface area contributed by atoms with Crippen molar-refractivity contribution in [1.29, 1.82) is 0 Å². The molecule has 1 unspecified atom stereocenters. The molecule has 0 amide bonds. The molecule has 0 aliphatic carbocycles. The van der Waals surface area contributed by atoms with Crippen LogP contribution in [0.4, 0.5) is 0 Å². The van der Waals surface area contributed by atoms with Gasteiger partial charge >= 0.3 is 10.1 Å². The van der Waals surface area contributed by atoms with E-state index in [0.717, 1.165) is 19.6 Å². The lowest BCUT2D eigenvalue weighted by atomic mass is 10.1. The quantitative estimate of drug-likeness (QED) is 0.105. The molecule has 4 aromatic rings. The number of oxime groups is 1. The fourth-order valence-electron chi connectivity index (χ4n) is 2.39. The summed E-state index contributed by atoms with van der Waals surface area (Å²) < 4.78 is 47.9. The molecule has 0 N–H and O–H groups in total. The summed E-state index contributed by atoms with van der Waals surface area (Å²) in [6.07, 6.45) is 1.93. The monoisotopic (exact) mass is 595 g/mol. The van der Waals surface area contributed by atoms with E-state index in [-0.39, 0.29) is 0 Å². The Morgan fingerprint density at radius 1 is 0.590 bits per heavy atom. The molecule has 0 saturated heterocycles.